The quantitative estimate of drug-likeness (QED) is 0.875. The Bertz CT molecular complexity index is 439. The molecule has 0 aromatic heterocycles. The molecule has 1 aliphatic heterocycles. The van der Waals surface area contributed by atoms with Gasteiger partial charge in [-0.15, -0.1) is 0 Å². The fraction of sp³-hybridized carbons (Fsp3) is 0.462. The molecule has 1 aliphatic rings. The number of aryl methyl sites for hydroxylation is 1. The van der Waals surface area contributed by atoms with Crippen molar-refractivity contribution in [2.24, 2.45) is 0 Å². The molecule has 1 aromatic rings. The van der Waals surface area contributed by atoms with E-state index in [0.717, 1.165) is 24.7 Å². The van der Waals surface area contributed by atoms with Gasteiger partial charge >= 0.3 is 0 Å². The third kappa shape index (κ3) is 2.71. The summed E-state index contributed by atoms with van der Waals surface area (Å²) in [6, 6.07) is 8.45. The van der Waals surface area contributed by atoms with Gasteiger partial charge in [0.1, 0.15) is 0 Å². The SMILES string of the molecule is Cc1cc(Cl)ccc1N1CCNCC1CC#N. The van der Waals surface area contributed by atoms with Crippen molar-refractivity contribution < 1.29 is 0 Å². The molecule has 0 radical (unpaired) electrons. The van der Waals surface area contributed by atoms with Gasteiger partial charge in [-0.1, -0.05) is 11.6 Å². The Kier molecular flexibility index (Phi) is 3.88. The van der Waals surface area contributed by atoms with Gasteiger partial charge in [0.2, 0.25) is 0 Å². The minimum absolute atomic E-state index is 0.258. The predicted octanol–water partition coefficient (Wildman–Crippen LogP) is 2.34. The fourth-order valence-corrected chi connectivity index (χ4v) is 2.53. The third-order valence-electron chi connectivity index (χ3n) is 3.15. The number of nitrogens with one attached hydrogen (secondary N) is 1. The molecule has 0 saturated carbocycles. The van der Waals surface area contributed by atoms with Crippen molar-refractivity contribution in [1.29, 1.82) is 5.26 Å². The van der Waals surface area contributed by atoms with Crippen molar-refractivity contribution in [3.8, 4) is 6.07 Å². The molecule has 0 aliphatic carbocycles. The minimum Gasteiger partial charge on any atom is -0.365 e. The summed E-state index contributed by atoms with van der Waals surface area (Å²) in [5.41, 5.74) is 2.36. The maximum absolute atomic E-state index is 8.87. The molecule has 1 fully saturated rings. The first-order valence-corrected chi connectivity index (χ1v) is 6.20. The van der Waals surface area contributed by atoms with Crippen LogP contribution in [0.1, 0.15) is 12.0 Å². The highest BCUT2D eigenvalue weighted by Crippen LogP contribution is 2.26. The summed E-state index contributed by atoms with van der Waals surface area (Å²) in [6.07, 6.45) is 0.551. The van der Waals surface area contributed by atoms with Crippen LogP contribution in [0.5, 0.6) is 0 Å². The van der Waals surface area contributed by atoms with E-state index >= 15 is 0 Å². The molecule has 1 heterocycles. The van der Waals surface area contributed by atoms with Crippen molar-refractivity contribution in [2.45, 2.75) is 19.4 Å². The molecule has 0 amide bonds. The van der Waals surface area contributed by atoms with Crippen LogP contribution in [0.4, 0.5) is 5.69 Å². The van der Waals surface area contributed by atoms with Crippen LogP contribution in [0, 0.1) is 18.3 Å². The van der Waals surface area contributed by atoms with Gasteiger partial charge in [0.05, 0.1) is 18.5 Å². The summed E-state index contributed by atoms with van der Waals surface area (Å²) in [5, 5.41) is 13.0. The van der Waals surface area contributed by atoms with Gasteiger partial charge in [0.25, 0.3) is 0 Å². The zero-order valence-electron chi connectivity index (χ0n) is 9.91. The van der Waals surface area contributed by atoms with Gasteiger partial charge in [0, 0.05) is 30.3 Å². The summed E-state index contributed by atoms with van der Waals surface area (Å²) in [4.78, 5) is 2.31. The van der Waals surface area contributed by atoms with Crippen LogP contribution in [0.3, 0.4) is 0 Å². The molecule has 1 atom stereocenters. The van der Waals surface area contributed by atoms with E-state index in [-0.39, 0.29) is 6.04 Å². The highest BCUT2D eigenvalue weighted by atomic mass is 35.5. The molecule has 1 saturated heterocycles. The molecular formula is C13H16ClN3. The second-order valence-corrected chi connectivity index (χ2v) is 4.78. The molecule has 1 N–H and O–H groups in total. The van der Waals surface area contributed by atoms with Gasteiger partial charge in [0.15, 0.2) is 0 Å². The van der Waals surface area contributed by atoms with E-state index in [1.165, 1.54) is 11.3 Å². The Labute approximate surface area is 107 Å². The number of hydrogen-bond donors (Lipinski definition) is 1. The lowest BCUT2D eigenvalue weighted by molar-refractivity contribution is 0.480. The van der Waals surface area contributed by atoms with E-state index < -0.39 is 0 Å². The number of benzene rings is 1. The Morgan fingerprint density at radius 2 is 2.41 bits per heavy atom. The molecule has 17 heavy (non-hydrogen) atoms. The predicted molar refractivity (Wildman–Crippen MR) is 70.4 cm³/mol. The topological polar surface area (TPSA) is 39.1 Å². The Hall–Kier alpha value is -1.24. The number of hydrogen-bond acceptors (Lipinski definition) is 3. The standard InChI is InChI=1S/C13H16ClN3/c1-10-8-11(14)2-3-13(10)17-7-6-16-9-12(17)4-5-15/h2-3,8,12,16H,4,6-7,9H2,1H3. The largest absolute Gasteiger partial charge is 0.365 e. The summed E-state index contributed by atoms with van der Waals surface area (Å²) in [6.45, 7) is 4.83. The molecule has 4 heteroatoms. The molecule has 2 rings (SSSR count). The van der Waals surface area contributed by atoms with Crippen LogP contribution in [0.2, 0.25) is 5.02 Å². The smallest absolute Gasteiger partial charge is 0.0643 e. The average molecular weight is 250 g/mol. The highest BCUT2D eigenvalue weighted by Gasteiger charge is 2.23. The number of rotatable bonds is 2. The monoisotopic (exact) mass is 249 g/mol. The van der Waals surface area contributed by atoms with Crippen molar-refractivity contribution >= 4 is 17.3 Å². The molecule has 90 valence electrons. The van der Waals surface area contributed by atoms with Gasteiger partial charge < -0.3 is 10.2 Å². The average Bonchev–Trinajstić information content (AvgIpc) is 2.31. The van der Waals surface area contributed by atoms with Crippen LogP contribution in [0.15, 0.2) is 18.2 Å². The lowest BCUT2D eigenvalue weighted by atomic mass is 10.1. The van der Waals surface area contributed by atoms with Crippen LogP contribution in [-0.4, -0.2) is 25.7 Å². The van der Waals surface area contributed by atoms with Gasteiger partial charge in [-0.05, 0) is 30.7 Å². The van der Waals surface area contributed by atoms with Gasteiger partial charge in [-0.3, -0.25) is 0 Å². The first-order chi connectivity index (χ1) is 8.22. The minimum atomic E-state index is 0.258. The van der Waals surface area contributed by atoms with E-state index in [2.05, 4.69) is 23.2 Å². The molecule has 0 bridgehead atoms. The molecule has 1 unspecified atom stereocenters. The van der Waals surface area contributed by atoms with Crippen LogP contribution >= 0.6 is 11.6 Å². The normalized spacial score (nSPS) is 20.1. The van der Waals surface area contributed by atoms with E-state index in [4.69, 9.17) is 16.9 Å². The number of nitrogens with zero attached hydrogens (tertiary/aromatic N) is 2. The maximum atomic E-state index is 8.87. The first kappa shape index (κ1) is 12.2. The number of nitriles is 1. The molecular weight excluding hydrogens is 234 g/mol. The van der Waals surface area contributed by atoms with Crippen molar-refractivity contribution in [3.05, 3.63) is 28.8 Å². The summed E-state index contributed by atoms with van der Waals surface area (Å²) < 4.78 is 0. The van der Waals surface area contributed by atoms with E-state index in [0.29, 0.717) is 6.42 Å². The Balaban J connectivity index is 2.26. The van der Waals surface area contributed by atoms with Crippen molar-refractivity contribution in [3.63, 3.8) is 0 Å². The number of anilines is 1. The Morgan fingerprint density at radius 1 is 1.59 bits per heavy atom. The zero-order valence-corrected chi connectivity index (χ0v) is 10.7. The summed E-state index contributed by atoms with van der Waals surface area (Å²) >= 11 is 5.97. The van der Waals surface area contributed by atoms with Gasteiger partial charge in [-0.25, -0.2) is 0 Å². The second-order valence-electron chi connectivity index (χ2n) is 4.34. The third-order valence-corrected chi connectivity index (χ3v) is 3.38. The lowest BCUT2D eigenvalue weighted by Crippen LogP contribution is -2.51. The zero-order chi connectivity index (χ0) is 12.3. The molecule has 0 spiro atoms. The molecule has 3 nitrogen and oxygen atoms in total. The van der Waals surface area contributed by atoms with E-state index in [1.54, 1.807) is 0 Å². The lowest BCUT2D eigenvalue weighted by Gasteiger charge is -2.37. The maximum Gasteiger partial charge on any atom is 0.0643 e. The summed E-state index contributed by atoms with van der Waals surface area (Å²) in [5.74, 6) is 0. The number of piperazine rings is 1. The van der Waals surface area contributed by atoms with E-state index in [1.807, 2.05) is 18.2 Å². The highest BCUT2D eigenvalue weighted by molar-refractivity contribution is 6.30. The Morgan fingerprint density at radius 3 is 3.12 bits per heavy atom. The van der Waals surface area contributed by atoms with Crippen LogP contribution in [-0.2, 0) is 0 Å². The fourth-order valence-electron chi connectivity index (χ4n) is 2.31. The van der Waals surface area contributed by atoms with Crippen molar-refractivity contribution in [1.82, 2.24) is 5.32 Å². The number of halogens is 1. The second kappa shape index (κ2) is 5.39. The van der Waals surface area contributed by atoms with Crippen LogP contribution in [0.25, 0.3) is 0 Å². The van der Waals surface area contributed by atoms with Gasteiger partial charge in [-0.2, -0.15) is 5.26 Å². The van der Waals surface area contributed by atoms with Crippen molar-refractivity contribution in [2.75, 3.05) is 24.5 Å². The van der Waals surface area contributed by atoms with Crippen LogP contribution < -0.4 is 10.2 Å². The van der Waals surface area contributed by atoms with E-state index in [9.17, 15) is 0 Å². The first-order valence-electron chi connectivity index (χ1n) is 5.83. The molecule has 1 aromatic carbocycles. The summed E-state index contributed by atoms with van der Waals surface area (Å²) in [7, 11) is 0.